The van der Waals surface area contributed by atoms with Gasteiger partial charge in [-0.25, -0.2) is 0 Å². The normalized spacial score (nSPS) is 11.6. The van der Waals surface area contributed by atoms with Crippen molar-refractivity contribution in [3.8, 4) is 0 Å². The molecule has 66 valence electrons. The molecule has 2 nitrogen and oxygen atoms in total. The first-order valence-corrected chi connectivity index (χ1v) is 6.50. The molecule has 12 heavy (non-hydrogen) atoms. The Morgan fingerprint density at radius 2 is 2.00 bits per heavy atom. The van der Waals surface area contributed by atoms with Gasteiger partial charge in [0.05, 0.1) is 10.7 Å². The average Bonchev–Trinajstić information content (AvgIpc) is 1.92. The van der Waals surface area contributed by atoms with Crippen LogP contribution >= 0.6 is 18.7 Å². The Morgan fingerprint density at radius 1 is 1.42 bits per heavy atom. The molecule has 0 saturated heterocycles. The van der Waals surface area contributed by atoms with Crippen molar-refractivity contribution < 1.29 is 4.57 Å². The van der Waals surface area contributed by atoms with Crippen LogP contribution in [0.2, 0.25) is 5.02 Å². The maximum absolute atomic E-state index is 11.6. The molecule has 1 rings (SSSR count). The molecule has 0 aliphatic heterocycles. The van der Waals surface area contributed by atoms with E-state index >= 15 is 0 Å². The molecule has 0 spiro atoms. The topological polar surface area (TPSA) is 43.1 Å². The lowest BCUT2D eigenvalue weighted by molar-refractivity contribution is 0.588. The Bertz CT molecular complexity index is 345. The summed E-state index contributed by atoms with van der Waals surface area (Å²) in [6, 6.07) is 5.09. The molecule has 1 aromatic carbocycles. The lowest BCUT2D eigenvalue weighted by Crippen LogP contribution is -2.03. The summed E-state index contributed by atoms with van der Waals surface area (Å²) >= 11 is 5.77. The van der Waals surface area contributed by atoms with Crippen molar-refractivity contribution in [3.05, 3.63) is 23.2 Å². The van der Waals surface area contributed by atoms with E-state index in [2.05, 4.69) is 0 Å². The number of nitrogens with two attached hydrogens (primary N) is 1. The first-order valence-electron chi connectivity index (χ1n) is 3.52. The fourth-order valence-corrected chi connectivity index (χ4v) is 1.98. The Balaban J connectivity index is 3.23. The molecule has 0 fully saturated rings. The third-order valence-electron chi connectivity index (χ3n) is 1.61. The van der Waals surface area contributed by atoms with E-state index in [1.54, 1.807) is 31.5 Å². The van der Waals surface area contributed by atoms with E-state index in [1.807, 2.05) is 0 Å². The summed E-state index contributed by atoms with van der Waals surface area (Å²) in [5.74, 6) is 0. The van der Waals surface area contributed by atoms with Crippen molar-refractivity contribution in [3.63, 3.8) is 0 Å². The fourth-order valence-electron chi connectivity index (χ4n) is 0.851. The SMILES string of the molecule is CP(C)(=O)c1ccc(N)c(Cl)c1. The smallest absolute Gasteiger partial charge is 0.109 e. The Hall–Kier alpha value is -0.460. The van der Waals surface area contributed by atoms with E-state index in [1.165, 1.54) is 0 Å². The second kappa shape index (κ2) is 3.12. The highest BCUT2D eigenvalue weighted by Crippen LogP contribution is 2.35. The van der Waals surface area contributed by atoms with Crippen LogP contribution in [-0.2, 0) is 4.57 Å². The van der Waals surface area contributed by atoms with Crippen molar-refractivity contribution in [1.29, 1.82) is 0 Å². The highest BCUT2D eigenvalue weighted by atomic mass is 35.5. The first kappa shape index (κ1) is 9.63. The van der Waals surface area contributed by atoms with Gasteiger partial charge in [0.1, 0.15) is 7.14 Å². The van der Waals surface area contributed by atoms with Crippen LogP contribution in [0, 0.1) is 0 Å². The molecular formula is C8H11ClNOP. The van der Waals surface area contributed by atoms with Gasteiger partial charge < -0.3 is 10.3 Å². The zero-order chi connectivity index (χ0) is 9.35. The highest BCUT2D eigenvalue weighted by Gasteiger charge is 2.11. The van der Waals surface area contributed by atoms with E-state index in [9.17, 15) is 4.57 Å². The Kier molecular flexibility index (Phi) is 2.50. The Labute approximate surface area is 77.1 Å². The zero-order valence-electron chi connectivity index (χ0n) is 7.04. The molecule has 0 unspecified atom stereocenters. The quantitative estimate of drug-likeness (QED) is 0.562. The van der Waals surface area contributed by atoms with E-state index < -0.39 is 7.14 Å². The van der Waals surface area contributed by atoms with Crippen molar-refractivity contribution in [2.45, 2.75) is 0 Å². The van der Waals surface area contributed by atoms with Crippen LogP contribution < -0.4 is 11.0 Å². The van der Waals surface area contributed by atoms with E-state index in [4.69, 9.17) is 17.3 Å². The predicted octanol–water partition coefficient (Wildman–Crippen LogP) is 2.17. The lowest BCUT2D eigenvalue weighted by Gasteiger charge is -2.07. The summed E-state index contributed by atoms with van der Waals surface area (Å²) < 4.78 is 11.6. The van der Waals surface area contributed by atoms with Gasteiger partial charge >= 0.3 is 0 Å². The van der Waals surface area contributed by atoms with Gasteiger partial charge in [-0.05, 0) is 31.5 Å². The van der Waals surface area contributed by atoms with Crippen LogP contribution in [0.5, 0.6) is 0 Å². The molecule has 4 heteroatoms. The van der Waals surface area contributed by atoms with E-state index in [-0.39, 0.29) is 0 Å². The van der Waals surface area contributed by atoms with Gasteiger partial charge in [0.25, 0.3) is 0 Å². The molecular weight excluding hydrogens is 193 g/mol. The summed E-state index contributed by atoms with van der Waals surface area (Å²) in [6.45, 7) is 3.41. The fraction of sp³-hybridized carbons (Fsp3) is 0.250. The highest BCUT2D eigenvalue weighted by molar-refractivity contribution is 7.70. The number of hydrogen-bond acceptors (Lipinski definition) is 2. The van der Waals surface area contributed by atoms with Crippen LogP contribution in [0.1, 0.15) is 0 Å². The molecule has 2 N–H and O–H groups in total. The minimum atomic E-state index is -2.20. The zero-order valence-corrected chi connectivity index (χ0v) is 8.69. The van der Waals surface area contributed by atoms with E-state index in [0.29, 0.717) is 10.7 Å². The average molecular weight is 204 g/mol. The van der Waals surface area contributed by atoms with Gasteiger partial charge in [-0.1, -0.05) is 11.6 Å². The minimum absolute atomic E-state index is 0.469. The maximum atomic E-state index is 11.6. The molecule has 0 aliphatic rings. The summed E-state index contributed by atoms with van der Waals surface area (Å²) in [5.41, 5.74) is 6.03. The third kappa shape index (κ3) is 2.02. The summed E-state index contributed by atoms with van der Waals surface area (Å²) in [6.07, 6.45) is 0. The van der Waals surface area contributed by atoms with Crippen molar-refractivity contribution in [2.75, 3.05) is 19.1 Å². The monoisotopic (exact) mass is 203 g/mol. The molecule has 0 aromatic heterocycles. The second-order valence-corrected chi connectivity index (χ2v) is 6.68. The number of hydrogen-bond donors (Lipinski definition) is 1. The van der Waals surface area contributed by atoms with Crippen molar-refractivity contribution >= 4 is 29.7 Å². The summed E-state index contributed by atoms with van der Waals surface area (Å²) in [5, 5.41) is 1.23. The van der Waals surface area contributed by atoms with Gasteiger partial charge in [0, 0.05) is 5.30 Å². The third-order valence-corrected chi connectivity index (χ3v) is 3.45. The molecule has 0 aliphatic carbocycles. The molecule has 0 atom stereocenters. The minimum Gasteiger partial charge on any atom is -0.398 e. The lowest BCUT2D eigenvalue weighted by atomic mass is 10.3. The van der Waals surface area contributed by atoms with Gasteiger partial charge in [-0.15, -0.1) is 0 Å². The van der Waals surface area contributed by atoms with Crippen molar-refractivity contribution in [2.24, 2.45) is 0 Å². The predicted molar refractivity (Wildman–Crippen MR) is 55.0 cm³/mol. The molecule has 1 aromatic rings. The summed E-state index contributed by atoms with van der Waals surface area (Å²) in [4.78, 5) is 0. The van der Waals surface area contributed by atoms with Crippen LogP contribution in [-0.4, -0.2) is 13.3 Å². The molecule has 0 saturated carbocycles. The number of anilines is 1. The summed E-state index contributed by atoms with van der Waals surface area (Å²) in [7, 11) is -2.20. The number of benzene rings is 1. The largest absolute Gasteiger partial charge is 0.398 e. The number of nitrogen functional groups attached to an aromatic ring is 1. The van der Waals surface area contributed by atoms with E-state index in [0.717, 1.165) is 5.30 Å². The molecule has 0 radical (unpaired) electrons. The Morgan fingerprint density at radius 3 is 2.42 bits per heavy atom. The van der Waals surface area contributed by atoms with Crippen LogP contribution in [0.4, 0.5) is 5.69 Å². The van der Waals surface area contributed by atoms with Crippen LogP contribution in [0.25, 0.3) is 0 Å². The molecule has 0 amide bonds. The van der Waals surface area contributed by atoms with Crippen molar-refractivity contribution in [1.82, 2.24) is 0 Å². The standard InChI is InChI=1S/C8H11ClNOP/c1-12(2,11)6-3-4-8(10)7(9)5-6/h3-5H,10H2,1-2H3. The second-order valence-electron chi connectivity index (χ2n) is 3.06. The van der Waals surface area contributed by atoms with Gasteiger partial charge in [0.2, 0.25) is 0 Å². The van der Waals surface area contributed by atoms with Crippen LogP contribution in [0.3, 0.4) is 0 Å². The van der Waals surface area contributed by atoms with Gasteiger partial charge in [0.15, 0.2) is 0 Å². The molecule has 0 heterocycles. The maximum Gasteiger partial charge on any atom is 0.109 e. The number of rotatable bonds is 1. The number of halogens is 1. The van der Waals surface area contributed by atoms with Crippen LogP contribution in [0.15, 0.2) is 18.2 Å². The van der Waals surface area contributed by atoms with Gasteiger partial charge in [-0.3, -0.25) is 0 Å². The molecule has 0 bridgehead atoms. The van der Waals surface area contributed by atoms with Gasteiger partial charge in [-0.2, -0.15) is 0 Å². The first-order chi connectivity index (χ1) is 5.41.